The maximum atomic E-state index is 12.2. The van der Waals surface area contributed by atoms with Crippen molar-refractivity contribution in [1.29, 1.82) is 0 Å². The van der Waals surface area contributed by atoms with Gasteiger partial charge in [-0.15, -0.1) is 11.3 Å². The molecule has 0 aliphatic rings. The normalized spacial score (nSPS) is 12.4. The molecule has 0 saturated heterocycles. The zero-order valence-corrected chi connectivity index (χ0v) is 14.8. The Hall–Kier alpha value is -2.43. The summed E-state index contributed by atoms with van der Waals surface area (Å²) in [4.78, 5) is 24.1. The largest absolute Gasteiger partial charge is 0.352 e. The van der Waals surface area contributed by atoms with Gasteiger partial charge in [0.05, 0.1) is 18.2 Å². The van der Waals surface area contributed by atoms with Gasteiger partial charge in [0.25, 0.3) is 0 Å². The second-order valence-electron chi connectivity index (χ2n) is 5.33. The number of hydrogen-bond acceptors (Lipinski definition) is 5. The van der Waals surface area contributed by atoms with Gasteiger partial charge in [0.1, 0.15) is 0 Å². The van der Waals surface area contributed by atoms with Crippen LogP contribution in [-0.2, 0) is 20.6 Å². The Labute approximate surface area is 149 Å². The Morgan fingerprint density at radius 2 is 1.84 bits per heavy atom. The number of benzene rings is 1. The summed E-state index contributed by atoms with van der Waals surface area (Å²) in [5, 5.41) is 12.1. The van der Waals surface area contributed by atoms with E-state index in [4.69, 9.17) is 10.9 Å². The van der Waals surface area contributed by atoms with Gasteiger partial charge in [0, 0.05) is 10.6 Å². The Bertz CT molecular complexity index is 833. The van der Waals surface area contributed by atoms with Crippen LogP contribution in [0.2, 0.25) is 0 Å². The van der Waals surface area contributed by atoms with E-state index in [1.807, 2.05) is 11.4 Å². The Kier molecular flexibility index (Phi) is 6.12. The SMILES string of the molecule is NC(=O)NC(CC(=O)Nc1ccc(CS(N)(=O)=O)cc1)c1cccs1. The highest BCUT2D eigenvalue weighted by molar-refractivity contribution is 7.88. The van der Waals surface area contributed by atoms with Crippen LogP contribution < -0.4 is 21.5 Å². The Morgan fingerprint density at radius 1 is 1.16 bits per heavy atom. The number of carbonyl (C=O) groups is 2. The molecule has 1 atom stereocenters. The van der Waals surface area contributed by atoms with Crippen molar-refractivity contribution in [2.24, 2.45) is 10.9 Å². The molecule has 10 heteroatoms. The predicted octanol–water partition coefficient (Wildman–Crippen LogP) is 1.27. The van der Waals surface area contributed by atoms with Crippen molar-refractivity contribution >= 4 is 39.0 Å². The number of thiophene rings is 1. The van der Waals surface area contributed by atoms with Gasteiger partial charge in [0.2, 0.25) is 15.9 Å². The van der Waals surface area contributed by atoms with Gasteiger partial charge in [-0.2, -0.15) is 0 Å². The van der Waals surface area contributed by atoms with Gasteiger partial charge in [-0.1, -0.05) is 18.2 Å². The second-order valence-corrected chi connectivity index (χ2v) is 7.93. The van der Waals surface area contributed by atoms with E-state index in [9.17, 15) is 18.0 Å². The fourth-order valence-corrected chi connectivity index (χ4v) is 3.63. The van der Waals surface area contributed by atoms with Crippen molar-refractivity contribution in [2.45, 2.75) is 18.2 Å². The smallest absolute Gasteiger partial charge is 0.312 e. The molecule has 1 aromatic carbocycles. The van der Waals surface area contributed by atoms with E-state index in [2.05, 4.69) is 10.6 Å². The lowest BCUT2D eigenvalue weighted by atomic mass is 10.1. The number of primary amides is 1. The average Bonchev–Trinajstić information content (AvgIpc) is 3.01. The summed E-state index contributed by atoms with van der Waals surface area (Å²) in [6, 6.07) is 8.70. The number of urea groups is 1. The summed E-state index contributed by atoms with van der Waals surface area (Å²) in [6.07, 6.45) is 0.0163. The molecule has 25 heavy (non-hydrogen) atoms. The fraction of sp³-hybridized carbons (Fsp3) is 0.200. The molecule has 1 heterocycles. The molecule has 0 saturated carbocycles. The van der Waals surface area contributed by atoms with Gasteiger partial charge in [0.15, 0.2) is 0 Å². The summed E-state index contributed by atoms with van der Waals surface area (Å²) >= 11 is 1.41. The van der Waals surface area contributed by atoms with Crippen LogP contribution in [0.1, 0.15) is 22.9 Å². The fourth-order valence-electron chi connectivity index (χ4n) is 2.20. The van der Waals surface area contributed by atoms with Gasteiger partial charge < -0.3 is 16.4 Å². The van der Waals surface area contributed by atoms with Crippen LogP contribution in [0.25, 0.3) is 0 Å². The van der Waals surface area contributed by atoms with Crippen LogP contribution >= 0.6 is 11.3 Å². The molecular weight excluding hydrogens is 364 g/mol. The Balaban J connectivity index is 1.99. The van der Waals surface area contributed by atoms with Crippen LogP contribution in [0.15, 0.2) is 41.8 Å². The molecule has 0 fully saturated rings. The molecule has 134 valence electrons. The van der Waals surface area contributed by atoms with Gasteiger partial charge >= 0.3 is 6.03 Å². The van der Waals surface area contributed by atoms with Gasteiger partial charge in [-0.25, -0.2) is 18.4 Å². The first-order valence-electron chi connectivity index (χ1n) is 7.21. The monoisotopic (exact) mass is 382 g/mol. The minimum Gasteiger partial charge on any atom is -0.352 e. The summed E-state index contributed by atoms with van der Waals surface area (Å²) in [5.74, 6) is -0.587. The predicted molar refractivity (Wildman–Crippen MR) is 96.3 cm³/mol. The van der Waals surface area contributed by atoms with E-state index in [1.54, 1.807) is 30.3 Å². The molecule has 0 radical (unpaired) electrons. The number of nitrogens with two attached hydrogens (primary N) is 2. The van der Waals surface area contributed by atoms with Crippen molar-refractivity contribution in [3.63, 3.8) is 0 Å². The van der Waals surface area contributed by atoms with E-state index in [-0.39, 0.29) is 18.1 Å². The zero-order valence-electron chi connectivity index (χ0n) is 13.1. The van der Waals surface area contributed by atoms with Crippen molar-refractivity contribution in [2.75, 3.05) is 5.32 Å². The highest BCUT2D eigenvalue weighted by Gasteiger charge is 2.18. The van der Waals surface area contributed by atoms with Crippen molar-refractivity contribution in [3.05, 3.63) is 52.2 Å². The van der Waals surface area contributed by atoms with Crippen LogP contribution in [0.4, 0.5) is 10.5 Å². The molecule has 0 aliphatic carbocycles. The zero-order chi connectivity index (χ0) is 18.4. The lowest BCUT2D eigenvalue weighted by molar-refractivity contribution is -0.116. The van der Waals surface area contributed by atoms with E-state index in [0.717, 1.165) is 4.88 Å². The molecule has 6 N–H and O–H groups in total. The topological polar surface area (TPSA) is 144 Å². The lowest BCUT2D eigenvalue weighted by Crippen LogP contribution is -2.34. The third-order valence-corrected chi connectivity index (χ3v) is 4.92. The van der Waals surface area contributed by atoms with Crippen molar-refractivity contribution < 1.29 is 18.0 Å². The van der Waals surface area contributed by atoms with Gasteiger partial charge in [-0.05, 0) is 29.1 Å². The van der Waals surface area contributed by atoms with E-state index < -0.39 is 22.1 Å². The molecule has 0 aliphatic heterocycles. The summed E-state index contributed by atoms with van der Waals surface area (Å²) in [7, 11) is -3.60. The molecule has 2 rings (SSSR count). The lowest BCUT2D eigenvalue weighted by Gasteiger charge is -2.16. The second kappa shape index (κ2) is 8.10. The van der Waals surface area contributed by atoms with E-state index >= 15 is 0 Å². The van der Waals surface area contributed by atoms with Crippen molar-refractivity contribution in [1.82, 2.24) is 5.32 Å². The van der Waals surface area contributed by atoms with E-state index in [1.165, 1.54) is 11.3 Å². The van der Waals surface area contributed by atoms with Crippen LogP contribution in [0.3, 0.4) is 0 Å². The number of nitrogens with one attached hydrogen (secondary N) is 2. The number of carbonyl (C=O) groups excluding carboxylic acids is 2. The quantitative estimate of drug-likeness (QED) is 0.571. The molecule has 1 unspecified atom stereocenters. The van der Waals surface area contributed by atoms with Crippen LogP contribution in [-0.4, -0.2) is 20.4 Å². The molecule has 8 nitrogen and oxygen atoms in total. The van der Waals surface area contributed by atoms with Crippen molar-refractivity contribution in [3.8, 4) is 0 Å². The molecule has 0 bridgehead atoms. The first kappa shape index (κ1) is 18.9. The first-order chi connectivity index (χ1) is 11.7. The average molecular weight is 382 g/mol. The number of amides is 3. The minimum atomic E-state index is -3.60. The molecule has 0 spiro atoms. The van der Waals surface area contributed by atoms with E-state index in [0.29, 0.717) is 11.3 Å². The third kappa shape index (κ3) is 6.53. The summed E-state index contributed by atoms with van der Waals surface area (Å²) in [6.45, 7) is 0. The summed E-state index contributed by atoms with van der Waals surface area (Å²) < 4.78 is 22.1. The minimum absolute atomic E-state index is 0.0163. The third-order valence-electron chi connectivity index (χ3n) is 3.20. The molecule has 2 aromatic rings. The maximum Gasteiger partial charge on any atom is 0.312 e. The van der Waals surface area contributed by atoms with Gasteiger partial charge in [-0.3, -0.25) is 4.79 Å². The number of hydrogen-bond donors (Lipinski definition) is 4. The maximum absolute atomic E-state index is 12.2. The molecule has 3 amide bonds. The number of primary sulfonamides is 1. The highest BCUT2D eigenvalue weighted by Crippen LogP contribution is 2.22. The standard InChI is InChI=1S/C15H18N4O4S2/c16-15(21)19-12(13-2-1-7-24-13)8-14(20)18-11-5-3-10(4-6-11)9-25(17,22)23/h1-7,12H,8-9H2,(H,18,20)(H3,16,19,21)(H2,17,22,23). The van der Waals surface area contributed by atoms with Crippen LogP contribution in [0, 0.1) is 0 Å². The molecule has 1 aromatic heterocycles. The molecular formula is C15H18N4O4S2. The summed E-state index contributed by atoms with van der Waals surface area (Å²) in [5.41, 5.74) is 6.19. The first-order valence-corrected chi connectivity index (χ1v) is 9.81. The highest BCUT2D eigenvalue weighted by atomic mass is 32.2. The number of sulfonamides is 1. The van der Waals surface area contributed by atoms with Crippen LogP contribution in [0.5, 0.6) is 0 Å². The number of anilines is 1. The Morgan fingerprint density at radius 3 is 2.36 bits per heavy atom. The number of rotatable bonds is 7.